The second-order valence-electron chi connectivity index (χ2n) is 6.55. The molecule has 1 atom stereocenters. The van der Waals surface area contributed by atoms with E-state index in [1.165, 1.54) is 12.8 Å². The van der Waals surface area contributed by atoms with E-state index in [1.807, 2.05) is 11.8 Å². The van der Waals surface area contributed by atoms with Crippen LogP contribution in [0.15, 0.2) is 6.20 Å². The number of aliphatic hydroxyl groups is 1. The van der Waals surface area contributed by atoms with Gasteiger partial charge in [-0.05, 0) is 32.1 Å². The molecule has 0 bridgehead atoms. The van der Waals surface area contributed by atoms with E-state index in [4.69, 9.17) is 0 Å². The molecule has 0 aromatic carbocycles. The molecule has 0 spiro atoms. The third-order valence-electron chi connectivity index (χ3n) is 4.61. The van der Waals surface area contributed by atoms with Crippen LogP contribution in [0.2, 0.25) is 0 Å². The first-order valence-electron chi connectivity index (χ1n) is 7.54. The first-order chi connectivity index (χ1) is 9.62. The number of likely N-dealkylation sites (tertiary alicyclic amines) is 1. The van der Waals surface area contributed by atoms with Crippen LogP contribution in [0.3, 0.4) is 0 Å². The Labute approximate surface area is 119 Å². The number of carbonyl (C=O) groups is 1. The van der Waals surface area contributed by atoms with Gasteiger partial charge in [0.2, 0.25) is 0 Å². The highest BCUT2D eigenvalue weighted by atomic mass is 16.3. The third-order valence-corrected chi connectivity index (χ3v) is 4.61. The number of imidazole rings is 1. The van der Waals surface area contributed by atoms with Crippen molar-refractivity contribution in [2.75, 3.05) is 19.7 Å². The summed E-state index contributed by atoms with van der Waals surface area (Å²) in [6.07, 6.45) is 7.31. The molecule has 1 saturated carbocycles. The summed E-state index contributed by atoms with van der Waals surface area (Å²) in [5.41, 5.74) is 0.813. The minimum atomic E-state index is -0.0866. The zero-order valence-corrected chi connectivity index (χ0v) is 12.1. The molecule has 2 fully saturated rings. The van der Waals surface area contributed by atoms with Gasteiger partial charge in [0.05, 0.1) is 6.61 Å². The zero-order valence-electron chi connectivity index (χ0n) is 12.1. The van der Waals surface area contributed by atoms with Crippen LogP contribution < -0.4 is 0 Å². The minimum absolute atomic E-state index is 0.0357. The Morgan fingerprint density at radius 2 is 2.40 bits per heavy atom. The lowest BCUT2D eigenvalue weighted by atomic mass is 9.76. The summed E-state index contributed by atoms with van der Waals surface area (Å²) in [6.45, 7) is 3.51. The molecule has 1 saturated heterocycles. The van der Waals surface area contributed by atoms with Gasteiger partial charge in [0, 0.05) is 30.4 Å². The first kappa shape index (κ1) is 13.6. The first-order valence-corrected chi connectivity index (χ1v) is 7.54. The zero-order chi connectivity index (χ0) is 14.2. The molecule has 0 radical (unpaired) electrons. The summed E-state index contributed by atoms with van der Waals surface area (Å²) in [7, 11) is 0. The predicted molar refractivity (Wildman–Crippen MR) is 75.3 cm³/mol. The van der Waals surface area contributed by atoms with Gasteiger partial charge in [0.15, 0.2) is 5.82 Å². The van der Waals surface area contributed by atoms with Crippen LogP contribution in [-0.4, -0.2) is 45.6 Å². The average Bonchev–Trinajstić information content (AvgIpc) is 3.16. The number of piperidine rings is 1. The Kier molecular flexibility index (Phi) is 3.54. The van der Waals surface area contributed by atoms with E-state index in [-0.39, 0.29) is 17.9 Å². The normalized spacial score (nSPS) is 26.8. The van der Waals surface area contributed by atoms with Gasteiger partial charge in [0.1, 0.15) is 0 Å². The van der Waals surface area contributed by atoms with E-state index in [0.717, 1.165) is 37.4 Å². The van der Waals surface area contributed by atoms with E-state index in [2.05, 4.69) is 9.97 Å². The summed E-state index contributed by atoms with van der Waals surface area (Å²) in [6, 6.07) is 0. The highest BCUT2D eigenvalue weighted by molar-refractivity contribution is 5.90. The SMILES string of the molecule is Cc1cnc(C(=O)N2CCC[C@](CO)(CC3CC3)C2)[nH]1. The van der Waals surface area contributed by atoms with Crippen LogP contribution in [0, 0.1) is 18.3 Å². The molecule has 2 N–H and O–H groups in total. The molecule has 1 aliphatic heterocycles. The maximum Gasteiger partial charge on any atom is 0.289 e. The lowest BCUT2D eigenvalue weighted by Gasteiger charge is -2.41. The van der Waals surface area contributed by atoms with E-state index >= 15 is 0 Å². The van der Waals surface area contributed by atoms with Crippen molar-refractivity contribution in [1.82, 2.24) is 14.9 Å². The van der Waals surface area contributed by atoms with Crippen LogP contribution in [0.1, 0.15) is 48.4 Å². The highest BCUT2D eigenvalue weighted by Gasteiger charge is 2.41. The number of amides is 1. The number of hydrogen-bond donors (Lipinski definition) is 2. The Balaban J connectivity index is 1.71. The Morgan fingerprint density at radius 3 is 3.00 bits per heavy atom. The van der Waals surface area contributed by atoms with Gasteiger partial charge in [-0.1, -0.05) is 12.8 Å². The van der Waals surface area contributed by atoms with Crippen molar-refractivity contribution in [3.05, 3.63) is 17.7 Å². The number of carbonyl (C=O) groups excluding carboxylic acids is 1. The molecule has 1 aromatic heterocycles. The maximum absolute atomic E-state index is 12.5. The molecule has 110 valence electrons. The van der Waals surface area contributed by atoms with Crippen LogP contribution in [0.4, 0.5) is 0 Å². The molecule has 1 aliphatic carbocycles. The van der Waals surface area contributed by atoms with Crippen molar-refractivity contribution < 1.29 is 9.90 Å². The van der Waals surface area contributed by atoms with Crippen molar-refractivity contribution in [2.45, 2.75) is 39.0 Å². The van der Waals surface area contributed by atoms with Crippen molar-refractivity contribution in [2.24, 2.45) is 11.3 Å². The molecule has 2 aliphatic rings. The molecule has 0 unspecified atom stereocenters. The molecule has 5 nitrogen and oxygen atoms in total. The molecule has 2 heterocycles. The number of aryl methyl sites for hydroxylation is 1. The minimum Gasteiger partial charge on any atom is -0.396 e. The summed E-state index contributed by atoms with van der Waals surface area (Å²) in [5.74, 6) is 1.15. The van der Waals surface area contributed by atoms with E-state index in [1.54, 1.807) is 6.20 Å². The van der Waals surface area contributed by atoms with Crippen molar-refractivity contribution in [1.29, 1.82) is 0 Å². The number of nitrogens with one attached hydrogen (secondary N) is 1. The van der Waals surface area contributed by atoms with Crippen LogP contribution >= 0.6 is 0 Å². The van der Waals surface area contributed by atoms with Crippen molar-refractivity contribution in [3.8, 4) is 0 Å². The van der Waals surface area contributed by atoms with E-state index in [0.29, 0.717) is 12.4 Å². The summed E-state index contributed by atoms with van der Waals surface area (Å²) < 4.78 is 0. The molecule has 3 rings (SSSR count). The summed E-state index contributed by atoms with van der Waals surface area (Å²) in [5, 5.41) is 9.83. The molecule has 1 aromatic rings. The van der Waals surface area contributed by atoms with Gasteiger partial charge in [-0.2, -0.15) is 0 Å². The number of aliphatic hydroxyl groups excluding tert-OH is 1. The molecule has 1 amide bonds. The Hall–Kier alpha value is -1.36. The molecule has 5 heteroatoms. The number of aromatic nitrogens is 2. The summed E-state index contributed by atoms with van der Waals surface area (Å²) >= 11 is 0. The molecular formula is C15H23N3O2. The largest absolute Gasteiger partial charge is 0.396 e. The fourth-order valence-corrected chi connectivity index (χ4v) is 3.35. The fourth-order valence-electron chi connectivity index (χ4n) is 3.35. The monoisotopic (exact) mass is 277 g/mol. The van der Waals surface area contributed by atoms with Crippen LogP contribution in [0.25, 0.3) is 0 Å². The Bertz CT molecular complexity index is 495. The lowest BCUT2D eigenvalue weighted by Crippen LogP contribution is -2.48. The summed E-state index contributed by atoms with van der Waals surface area (Å²) in [4.78, 5) is 21.5. The number of aromatic amines is 1. The molecular weight excluding hydrogens is 254 g/mol. The maximum atomic E-state index is 12.5. The van der Waals surface area contributed by atoms with Crippen molar-refractivity contribution in [3.63, 3.8) is 0 Å². The third kappa shape index (κ3) is 2.73. The standard InChI is InChI=1S/C15H23N3O2/c1-11-8-16-13(17-11)14(20)18-6-2-5-15(9-18,10-19)7-12-3-4-12/h8,12,19H,2-7,9-10H2,1H3,(H,16,17)/t15-/m0/s1. The van der Waals surface area contributed by atoms with Gasteiger partial charge in [-0.25, -0.2) is 4.98 Å². The number of H-pyrrole nitrogens is 1. The Morgan fingerprint density at radius 1 is 1.60 bits per heavy atom. The second-order valence-corrected chi connectivity index (χ2v) is 6.55. The molecule has 20 heavy (non-hydrogen) atoms. The van der Waals surface area contributed by atoms with Gasteiger partial charge in [0.25, 0.3) is 5.91 Å². The van der Waals surface area contributed by atoms with E-state index < -0.39 is 0 Å². The quantitative estimate of drug-likeness (QED) is 0.880. The van der Waals surface area contributed by atoms with Crippen LogP contribution in [0.5, 0.6) is 0 Å². The van der Waals surface area contributed by atoms with Crippen molar-refractivity contribution >= 4 is 5.91 Å². The lowest BCUT2D eigenvalue weighted by molar-refractivity contribution is 0.0190. The highest BCUT2D eigenvalue weighted by Crippen LogP contribution is 2.44. The van der Waals surface area contributed by atoms with Gasteiger partial charge in [-0.15, -0.1) is 0 Å². The average molecular weight is 277 g/mol. The predicted octanol–water partition coefficient (Wildman–Crippen LogP) is 1.73. The van der Waals surface area contributed by atoms with Gasteiger partial charge < -0.3 is 15.0 Å². The fraction of sp³-hybridized carbons (Fsp3) is 0.733. The van der Waals surface area contributed by atoms with E-state index in [9.17, 15) is 9.90 Å². The smallest absolute Gasteiger partial charge is 0.289 e. The van der Waals surface area contributed by atoms with Crippen LogP contribution in [-0.2, 0) is 0 Å². The van der Waals surface area contributed by atoms with Gasteiger partial charge in [-0.3, -0.25) is 4.79 Å². The number of rotatable bonds is 4. The van der Waals surface area contributed by atoms with Gasteiger partial charge >= 0.3 is 0 Å². The second kappa shape index (κ2) is 5.20. The topological polar surface area (TPSA) is 69.2 Å². The number of hydrogen-bond acceptors (Lipinski definition) is 3. The number of nitrogens with zero attached hydrogens (tertiary/aromatic N) is 2.